The highest BCUT2D eigenvalue weighted by Gasteiger charge is 2.44. The molecule has 2 aromatic heterocycles. The number of ether oxygens (including phenoxy) is 2. The van der Waals surface area contributed by atoms with Crippen molar-refractivity contribution in [3.63, 3.8) is 0 Å². The van der Waals surface area contributed by atoms with E-state index in [1.54, 1.807) is 6.33 Å². The number of imidazole rings is 1. The predicted molar refractivity (Wildman–Crippen MR) is 103 cm³/mol. The Morgan fingerprint density at radius 2 is 2.00 bits per heavy atom. The van der Waals surface area contributed by atoms with E-state index in [1.165, 1.54) is 7.11 Å². The van der Waals surface area contributed by atoms with Gasteiger partial charge in [-0.15, -0.1) is 0 Å². The van der Waals surface area contributed by atoms with Crippen LogP contribution in [0.3, 0.4) is 0 Å². The first-order valence-electron chi connectivity index (χ1n) is 9.34. The van der Waals surface area contributed by atoms with Crippen molar-refractivity contribution in [2.75, 3.05) is 12.4 Å². The van der Waals surface area contributed by atoms with Gasteiger partial charge in [0.15, 0.2) is 17.6 Å². The maximum Gasteiger partial charge on any atom is 0.271 e. The van der Waals surface area contributed by atoms with Crippen LogP contribution in [0.2, 0.25) is 0 Å². The normalized spacial score (nSPS) is 24.9. The number of fused-ring (bicyclic) bond motifs is 1. The quantitative estimate of drug-likeness (QED) is 0.658. The molecule has 3 aromatic rings. The molecule has 1 aromatic carbocycles. The summed E-state index contributed by atoms with van der Waals surface area (Å²) in [7, 11) is 1.38. The van der Waals surface area contributed by atoms with Crippen molar-refractivity contribution in [3.05, 3.63) is 38.3 Å². The Hall–Kier alpha value is -2.81. The minimum absolute atomic E-state index is 0.0125. The molecule has 4 rings (SSSR count). The molecule has 0 bridgehead atoms. The fraction of sp³-hybridized carbons (Fsp3) is 0.526. The van der Waals surface area contributed by atoms with Crippen LogP contribution in [-0.2, 0) is 4.74 Å². The van der Waals surface area contributed by atoms with Crippen molar-refractivity contribution in [2.45, 2.75) is 52.5 Å². The van der Waals surface area contributed by atoms with E-state index in [1.807, 2.05) is 18.4 Å². The summed E-state index contributed by atoms with van der Waals surface area (Å²) in [4.78, 5) is 37.1. The number of nitrogens with one attached hydrogen (secondary N) is 1. The molecule has 1 aliphatic heterocycles. The number of hydrogen-bond donors (Lipinski definition) is 1. The van der Waals surface area contributed by atoms with Gasteiger partial charge in [-0.3, -0.25) is 14.2 Å². The van der Waals surface area contributed by atoms with Crippen LogP contribution in [0.15, 0.2) is 15.9 Å². The molecule has 1 N–H and O–H groups in total. The van der Waals surface area contributed by atoms with E-state index in [4.69, 9.17) is 9.47 Å². The smallest absolute Gasteiger partial charge is 0.271 e. The summed E-state index contributed by atoms with van der Waals surface area (Å²) >= 11 is 0. The maximum absolute atomic E-state index is 12.0. The van der Waals surface area contributed by atoms with Crippen LogP contribution in [0.5, 0.6) is 5.75 Å². The average molecular weight is 385 g/mol. The fourth-order valence-electron chi connectivity index (χ4n) is 4.03. The SMILES string of the molecule is CC[C@H]1O[C@@H](n2cnc3c(C)nc(C)nc32)C(Nc2c(OC)c(=O)c2=O)[C@H]1C. The van der Waals surface area contributed by atoms with Gasteiger partial charge in [-0.05, 0) is 20.3 Å². The second-order valence-electron chi connectivity index (χ2n) is 7.25. The van der Waals surface area contributed by atoms with E-state index >= 15 is 0 Å². The molecule has 0 radical (unpaired) electrons. The topological polar surface area (TPSA) is 108 Å². The first-order valence-corrected chi connectivity index (χ1v) is 9.34. The molecule has 4 atom stereocenters. The van der Waals surface area contributed by atoms with Gasteiger partial charge in [0, 0.05) is 5.92 Å². The lowest BCUT2D eigenvalue weighted by molar-refractivity contribution is -0.00506. The Kier molecular flexibility index (Phi) is 4.41. The molecule has 9 nitrogen and oxygen atoms in total. The van der Waals surface area contributed by atoms with Gasteiger partial charge in [-0.1, -0.05) is 13.8 Å². The lowest BCUT2D eigenvalue weighted by Gasteiger charge is -2.25. The molecule has 1 fully saturated rings. The minimum atomic E-state index is -0.604. The highest BCUT2D eigenvalue weighted by molar-refractivity contribution is 5.73. The van der Waals surface area contributed by atoms with Crippen LogP contribution in [-0.4, -0.2) is 38.8 Å². The summed E-state index contributed by atoms with van der Waals surface area (Å²) in [5.74, 6) is 0.810. The molecule has 0 aliphatic carbocycles. The van der Waals surface area contributed by atoms with Crippen molar-refractivity contribution in [2.24, 2.45) is 5.92 Å². The lowest BCUT2D eigenvalue weighted by Crippen LogP contribution is -2.41. The van der Waals surface area contributed by atoms with Crippen LogP contribution in [0.1, 0.15) is 38.0 Å². The van der Waals surface area contributed by atoms with E-state index in [0.29, 0.717) is 17.0 Å². The van der Waals surface area contributed by atoms with Gasteiger partial charge in [0.05, 0.1) is 31.3 Å². The van der Waals surface area contributed by atoms with E-state index in [9.17, 15) is 9.59 Å². The number of aryl methyl sites for hydroxylation is 2. The highest BCUT2D eigenvalue weighted by Crippen LogP contribution is 2.39. The zero-order chi connectivity index (χ0) is 20.2. The molecule has 0 amide bonds. The summed E-state index contributed by atoms with van der Waals surface area (Å²) in [6.07, 6.45) is 2.06. The Morgan fingerprint density at radius 1 is 1.25 bits per heavy atom. The van der Waals surface area contributed by atoms with Crippen molar-refractivity contribution in [1.82, 2.24) is 19.5 Å². The molecular weight excluding hydrogens is 362 g/mol. The third kappa shape index (κ3) is 2.61. The zero-order valence-corrected chi connectivity index (χ0v) is 16.5. The van der Waals surface area contributed by atoms with Crippen molar-refractivity contribution >= 4 is 16.9 Å². The van der Waals surface area contributed by atoms with Gasteiger partial charge in [0.25, 0.3) is 10.9 Å². The number of aromatic nitrogens is 4. The second-order valence-corrected chi connectivity index (χ2v) is 7.25. The number of rotatable bonds is 5. The molecule has 1 saturated heterocycles. The van der Waals surface area contributed by atoms with Crippen LogP contribution in [0, 0.1) is 19.8 Å². The van der Waals surface area contributed by atoms with Crippen molar-refractivity contribution < 1.29 is 9.47 Å². The van der Waals surface area contributed by atoms with Gasteiger partial charge < -0.3 is 14.8 Å². The minimum Gasteiger partial charge on any atom is -0.491 e. The van der Waals surface area contributed by atoms with Gasteiger partial charge >= 0.3 is 0 Å². The van der Waals surface area contributed by atoms with E-state index in [0.717, 1.165) is 12.1 Å². The van der Waals surface area contributed by atoms with Crippen molar-refractivity contribution in [1.29, 1.82) is 0 Å². The molecule has 0 saturated carbocycles. The Balaban J connectivity index is 1.77. The summed E-state index contributed by atoms with van der Waals surface area (Å²) in [5.41, 5.74) is 1.24. The number of methoxy groups -OCH3 is 1. The standard InChI is InChI=1S/C19H23N5O4/c1-6-11-8(2)12(23-14-15(25)16(26)17(14)27-5)19(28-11)24-7-20-13-9(3)21-10(4)22-18(13)24/h7-8,11-12,19,23H,6H2,1-5H3/t8-,11+,12?,19+/m0/s1. The molecule has 1 aliphatic rings. The van der Waals surface area contributed by atoms with Gasteiger partial charge in [-0.25, -0.2) is 15.0 Å². The monoisotopic (exact) mass is 385 g/mol. The van der Waals surface area contributed by atoms with Gasteiger partial charge in [-0.2, -0.15) is 0 Å². The Bertz CT molecular complexity index is 1110. The molecule has 1 unspecified atom stereocenters. The van der Waals surface area contributed by atoms with Gasteiger partial charge in [0.1, 0.15) is 17.0 Å². The summed E-state index contributed by atoms with van der Waals surface area (Å²) in [6, 6.07) is -0.255. The van der Waals surface area contributed by atoms with E-state index in [2.05, 4.69) is 34.1 Å². The van der Waals surface area contributed by atoms with Gasteiger partial charge in [0.2, 0.25) is 0 Å². The van der Waals surface area contributed by atoms with Crippen LogP contribution < -0.4 is 20.9 Å². The zero-order valence-electron chi connectivity index (χ0n) is 16.5. The third-order valence-electron chi connectivity index (χ3n) is 5.54. The number of anilines is 1. The number of nitrogens with zero attached hydrogens (tertiary/aromatic N) is 4. The van der Waals surface area contributed by atoms with Crippen molar-refractivity contribution in [3.8, 4) is 5.75 Å². The average Bonchev–Trinajstić information content (AvgIpc) is 3.22. The Labute approximate surface area is 161 Å². The summed E-state index contributed by atoms with van der Waals surface area (Å²) < 4.78 is 13.3. The first kappa shape index (κ1) is 18.5. The van der Waals surface area contributed by atoms with Crippen LogP contribution in [0.4, 0.5) is 5.69 Å². The molecule has 3 heterocycles. The molecular formula is C19H23N5O4. The lowest BCUT2D eigenvalue weighted by atomic mass is 9.95. The predicted octanol–water partition coefficient (Wildman–Crippen LogP) is 1.47. The first-order chi connectivity index (χ1) is 13.4. The fourth-order valence-corrected chi connectivity index (χ4v) is 4.03. The van der Waals surface area contributed by atoms with E-state index in [-0.39, 0.29) is 29.5 Å². The second kappa shape index (κ2) is 6.66. The van der Waals surface area contributed by atoms with E-state index < -0.39 is 17.1 Å². The maximum atomic E-state index is 12.0. The third-order valence-corrected chi connectivity index (χ3v) is 5.54. The molecule has 28 heavy (non-hydrogen) atoms. The highest BCUT2D eigenvalue weighted by atomic mass is 16.5. The number of hydrogen-bond acceptors (Lipinski definition) is 8. The summed E-state index contributed by atoms with van der Waals surface area (Å²) in [5, 5.41) is 3.21. The molecule has 9 heteroatoms. The molecule has 0 spiro atoms. The van der Waals surface area contributed by atoms with Crippen LogP contribution in [0.25, 0.3) is 11.2 Å². The van der Waals surface area contributed by atoms with Crippen LogP contribution >= 0.6 is 0 Å². The molecule has 148 valence electrons. The Morgan fingerprint density at radius 3 is 2.68 bits per heavy atom. The largest absolute Gasteiger partial charge is 0.491 e. The summed E-state index contributed by atoms with van der Waals surface area (Å²) in [6.45, 7) is 7.85.